The van der Waals surface area contributed by atoms with Gasteiger partial charge in [-0.15, -0.1) is 0 Å². The number of hydrogen-bond donors (Lipinski definition) is 3. The number of ether oxygens (including phenoxy) is 2. The Bertz CT molecular complexity index is 1180. The molecule has 1 aliphatic heterocycles. The predicted molar refractivity (Wildman–Crippen MR) is 119 cm³/mol. The molecular formula is C22H22ClFN4O5. The molecule has 2 atom stereocenters. The van der Waals surface area contributed by atoms with E-state index in [0.29, 0.717) is 40.3 Å². The summed E-state index contributed by atoms with van der Waals surface area (Å²) in [6.45, 7) is -0.442. The van der Waals surface area contributed by atoms with Crippen LogP contribution < -0.4 is 14.8 Å². The summed E-state index contributed by atoms with van der Waals surface area (Å²) in [5, 5.41) is 22.8. The summed E-state index contributed by atoms with van der Waals surface area (Å²) in [4.78, 5) is 22.0. The second-order valence-corrected chi connectivity index (χ2v) is 7.96. The molecule has 1 fully saturated rings. The van der Waals surface area contributed by atoms with E-state index in [0.717, 1.165) is 0 Å². The van der Waals surface area contributed by atoms with Gasteiger partial charge in [-0.05, 0) is 24.6 Å². The number of rotatable bonds is 7. The van der Waals surface area contributed by atoms with E-state index in [1.54, 1.807) is 12.1 Å². The van der Waals surface area contributed by atoms with Crippen molar-refractivity contribution in [1.82, 2.24) is 14.9 Å². The van der Waals surface area contributed by atoms with Gasteiger partial charge in [-0.3, -0.25) is 4.79 Å². The normalized spacial score (nSPS) is 17.9. The van der Waals surface area contributed by atoms with Crippen LogP contribution in [0.4, 0.5) is 15.9 Å². The third-order valence-corrected chi connectivity index (χ3v) is 5.66. The van der Waals surface area contributed by atoms with E-state index >= 15 is 0 Å². The van der Waals surface area contributed by atoms with Crippen LogP contribution in [0, 0.1) is 5.82 Å². The molecule has 1 aromatic heterocycles. The average Bonchev–Trinajstić information content (AvgIpc) is 3.19. The third-order valence-electron chi connectivity index (χ3n) is 5.37. The van der Waals surface area contributed by atoms with Gasteiger partial charge in [0.1, 0.15) is 42.7 Å². The highest BCUT2D eigenvalue weighted by Gasteiger charge is 2.34. The smallest absolute Gasteiger partial charge is 0.248 e. The molecule has 11 heteroatoms. The van der Waals surface area contributed by atoms with Crippen molar-refractivity contribution in [3.8, 4) is 11.5 Å². The lowest BCUT2D eigenvalue weighted by atomic mass is 10.1. The minimum absolute atomic E-state index is 0.0371. The van der Waals surface area contributed by atoms with Crippen LogP contribution in [-0.2, 0) is 4.79 Å². The number of aliphatic hydroxyl groups is 2. The molecular weight excluding hydrogens is 455 g/mol. The number of benzene rings is 2. The summed E-state index contributed by atoms with van der Waals surface area (Å²) >= 11 is 5.90. The molecule has 4 rings (SSSR count). The summed E-state index contributed by atoms with van der Waals surface area (Å²) in [5.74, 6) is 0.272. The molecule has 0 bridgehead atoms. The van der Waals surface area contributed by atoms with Gasteiger partial charge in [0, 0.05) is 24.4 Å². The highest BCUT2D eigenvalue weighted by molar-refractivity contribution is 6.31. The van der Waals surface area contributed by atoms with Gasteiger partial charge in [-0.25, -0.2) is 14.4 Å². The van der Waals surface area contributed by atoms with E-state index < -0.39 is 30.5 Å². The number of likely N-dealkylation sites (tertiary alicyclic amines) is 1. The van der Waals surface area contributed by atoms with Crippen LogP contribution in [-0.4, -0.2) is 70.0 Å². The number of hydrogen-bond acceptors (Lipinski definition) is 8. The van der Waals surface area contributed by atoms with Gasteiger partial charge < -0.3 is 29.9 Å². The maximum atomic E-state index is 13.5. The minimum Gasteiger partial charge on any atom is -0.497 e. The van der Waals surface area contributed by atoms with Gasteiger partial charge in [0.2, 0.25) is 5.91 Å². The number of β-amino-alcohol motifs (C(OH)–C–C–N with tert-alkyl or cyclic N) is 1. The number of nitrogens with zero attached hydrogens (tertiary/aromatic N) is 3. The number of nitrogens with one attached hydrogen (secondary N) is 1. The van der Waals surface area contributed by atoms with Crippen molar-refractivity contribution in [2.75, 3.05) is 32.2 Å². The number of anilines is 2. The Balaban J connectivity index is 1.67. The van der Waals surface area contributed by atoms with Gasteiger partial charge in [-0.2, -0.15) is 0 Å². The van der Waals surface area contributed by atoms with Gasteiger partial charge in [0.25, 0.3) is 0 Å². The molecule has 33 heavy (non-hydrogen) atoms. The molecule has 9 nitrogen and oxygen atoms in total. The maximum Gasteiger partial charge on any atom is 0.248 e. The van der Waals surface area contributed by atoms with Crippen LogP contribution in [0.2, 0.25) is 5.02 Å². The predicted octanol–water partition coefficient (Wildman–Crippen LogP) is 2.51. The number of carbonyl (C=O) groups is 1. The third kappa shape index (κ3) is 4.92. The zero-order valence-electron chi connectivity index (χ0n) is 17.7. The first kappa shape index (κ1) is 23.0. The first-order valence-electron chi connectivity index (χ1n) is 10.2. The Hall–Kier alpha value is -3.21. The second kappa shape index (κ2) is 9.74. The molecule has 1 saturated heterocycles. The van der Waals surface area contributed by atoms with Crippen molar-refractivity contribution in [1.29, 1.82) is 0 Å². The first-order chi connectivity index (χ1) is 15.9. The molecule has 1 aliphatic rings. The summed E-state index contributed by atoms with van der Waals surface area (Å²) in [5.41, 5.74) is 1.05. The highest BCUT2D eigenvalue weighted by atomic mass is 35.5. The van der Waals surface area contributed by atoms with Crippen molar-refractivity contribution in [3.63, 3.8) is 0 Å². The summed E-state index contributed by atoms with van der Waals surface area (Å²) in [7, 11) is 1.51. The molecule has 1 amide bonds. The number of fused-ring (bicyclic) bond motifs is 1. The fourth-order valence-electron chi connectivity index (χ4n) is 3.80. The average molecular weight is 477 g/mol. The number of carbonyl (C=O) groups excluding carboxylic acids is 1. The zero-order chi connectivity index (χ0) is 23.5. The molecule has 0 saturated carbocycles. The van der Waals surface area contributed by atoms with E-state index in [4.69, 9.17) is 21.1 Å². The Kier molecular flexibility index (Phi) is 6.77. The van der Waals surface area contributed by atoms with Crippen LogP contribution >= 0.6 is 11.6 Å². The van der Waals surface area contributed by atoms with Crippen LogP contribution in [0.3, 0.4) is 0 Å². The minimum atomic E-state index is -0.695. The number of methoxy groups -OCH3 is 1. The maximum absolute atomic E-state index is 13.5. The SMILES string of the molecule is COc1cc(OC[C@@H]2C[C@@H](O)CN2C(=O)CO)c2c(Nc3ccc(F)c(Cl)c3)ncnc2c1. The molecule has 2 heterocycles. The number of amides is 1. The summed E-state index contributed by atoms with van der Waals surface area (Å²) in [6.07, 6.45) is 0.997. The summed E-state index contributed by atoms with van der Waals surface area (Å²) in [6, 6.07) is 7.17. The number of halogens is 2. The topological polar surface area (TPSA) is 117 Å². The molecule has 174 valence electrons. The number of aliphatic hydroxyl groups excluding tert-OH is 2. The van der Waals surface area contributed by atoms with Crippen molar-refractivity contribution in [3.05, 3.63) is 47.5 Å². The van der Waals surface area contributed by atoms with E-state index in [-0.39, 0.29) is 18.2 Å². The Labute approximate surface area is 193 Å². The van der Waals surface area contributed by atoms with Crippen molar-refractivity contribution in [2.45, 2.75) is 18.6 Å². The van der Waals surface area contributed by atoms with E-state index in [1.807, 2.05) is 0 Å². The molecule has 0 radical (unpaired) electrons. The van der Waals surface area contributed by atoms with Gasteiger partial charge in [0.05, 0.1) is 35.2 Å². The quantitative estimate of drug-likeness (QED) is 0.476. The first-order valence-corrected chi connectivity index (χ1v) is 10.5. The van der Waals surface area contributed by atoms with E-state index in [2.05, 4.69) is 15.3 Å². The van der Waals surface area contributed by atoms with Crippen LogP contribution in [0.15, 0.2) is 36.7 Å². The molecule has 0 aliphatic carbocycles. The monoisotopic (exact) mass is 476 g/mol. The Morgan fingerprint density at radius 1 is 1.33 bits per heavy atom. The fourth-order valence-corrected chi connectivity index (χ4v) is 3.98. The zero-order valence-corrected chi connectivity index (χ0v) is 18.4. The lowest BCUT2D eigenvalue weighted by molar-refractivity contribution is -0.135. The molecule has 2 aromatic carbocycles. The van der Waals surface area contributed by atoms with Crippen molar-refractivity contribution < 1.29 is 28.9 Å². The van der Waals surface area contributed by atoms with E-state index in [1.165, 1.54) is 36.5 Å². The van der Waals surface area contributed by atoms with Crippen LogP contribution in [0.25, 0.3) is 10.9 Å². The lowest BCUT2D eigenvalue weighted by Gasteiger charge is -2.24. The Morgan fingerprint density at radius 2 is 2.15 bits per heavy atom. The van der Waals surface area contributed by atoms with Crippen molar-refractivity contribution in [2.24, 2.45) is 0 Å². The largest absolute Gasteiger partial charge is 0.497 e. The lowest BCUT2D eigenvalue weighted by Crippen LogP contribution is -2.40. The Morgan fingerprint density at radius 3 is 2.88 bits per heavy atom. The molecule has 3 aromatic rings. The fraction of sp³-hybridized carbons (Fsp3) is 0.318. The molecule has 0 unspecified atom stereocenters. The van der Waals surface area contributed by atoms with Crippen LogP contribution in [0.1, 0.15) is 6.42 Å². The van der Waals surface area contributed by atoms with Gasteiger partial charge >= 0.3 is 0 Å². The number of aromatic nitrogens is 2. The van der Waals surface area contributed by atoms with Gasteiger partial charge in [-0.1, -0.05) is 11.6 Å². The molecule has 0 spiro atoms. The van der Waals surface area contributed by atoms with Crippen LogP contribution in [0.5, 0.6) is 11.5 Å². The van der Waals surface area contributed by atoms with E-state index in [9.17, 15) is 19.4 Å². The summed E-state index contributed by atoms with van der Waals surface area (Å²) < 4.78 is 25.0. The molecule has 3 N–H and O–H groups in total. The van der Waals surface area contributed by atoms with Crippen molar-refractivity contribution >= 4 is 39.9 Å². The second-order valence-electron chi connectivity index (χ2n) is 7.55. The highest BCUT2D eigenvalue weighted by Crippen LogP contribution is 2.36. The van der Waals surface area contributed by atoms with Gasteiger partial charge in [0.15, 0.2) is 0 Å². The standard InChI is InChI=1S/C22H22ClFN4O5/c1-32-15-6-18-21(22(26-11-25-18)27-12-2-3-17(24)16(23)4-12)19(7-15)33-10-13-5-14(30)8-28(13)20(31)9-29/h2-4,6-7,11,13-14,29-30H,5,8-10H2,1H3,(H,25,26,27)/t13-,14+/m0/s1.